The van der Waals surface area contributed by atoms with Crippen molar-refractivity contribution >= 4 is 21.9 Å². The minimum atomic E-state index is -0.135. The highest BCUT2D eigenvalue weighted by Gasteiger charge is 1.93. The zero-order valence-corrected chi connectivity index (χ0v) is 6.40. The van der Waals surface area contributed by atoms with Crippen LogP contribution in [-0.2, 0) is 9.53 Å². The molecule has 0 atom stereocenters. The Morgan fingerprint density at radius 3 is 2.75 bits per heavy atom. The maximum absolute atomic E-state index is 10.3. The lowest BCUT2D eigenvalue weighted by Gasteiger charge is -1.96. The highest BCUT2D eigenvalue weighted by atomic mass is 79.9. The van der Waals surface area contributed by atoms with Crippen LogP contribution in [0.3, 0.4) is 0 Å². The van der Waals surface area contributed by atoms with Crippen molar-refractivity contribution in [3.63, 3.8) is 0 Å². The molecule has 0 saturated carbocycles. The van der Waals surface area contributed by atoms with Crippen LogP contribution in [0.2, 0.25) is 0 Å². The molecule has 0 aliphatic heterocycles. The molecule has 0 radical (unpaired) electrons. The van der Waals surface area contributed by atoms with E-state index in [2.05, 4.69) is 20.7 Å². The average molecular weight is 181 g/mol. The maximum atomic E-state index is 10.3. The minimum Gasteiger partial charge on any atom is -0.465 e. The van der Waals surface area contributed by atoms with Crippen molar-refractivity contribution in [1.29, 1.82) is 0 Å². The maximum Gasteiger partial charge on any atom is 0.305 e. The van der Waals surface area contributed by atoms with Crippen molar-refractivity contribution in [1.82, 2.24) is 0 Å². The van der Waals surface area contributed by atoms with E-state index in [1.54, 1.807) is 6.92 Å². The van der Waals surface area contributed by atoms with Gasteiger partial charge in [0.05, 0.1) is 0 Å². The largest absolute Gasteiger partial charge is 0.465 e. The molecule has 3 heteroatoms. The van der Waals surface area contributed by atoms with Gasteiger partial charge in [-0.2, -0.15) is 0 Å². The van der Waals surface area contributed by atoms with Gasteiger partial charge in [-0.05, 0) is 0 Å². The van der Waals surface area contributed by atoms with Crippen LogP contribution in [0, 0.1) is 0 Å². The van der Waals surface area contributed by atoms with E-state index in [0.717, 1.165) is 5.33 Å². The molecule has 0 aliphatic rings. The molecule has 2 nitrogen and oxygen atoms in total. The summed E-state index contributed by atoms with van der Waals surface area (Å²) in [5.41, 5.74) is 0. The second-order valence-corrected chi connectivity index (χ2v) is 2.06. The van der Waals surface area contributed by atoms with Crippen LogP contribution < -0.4 is 0 Å². The fourth-order valence-corrected chi connectivity index (χ4v) is 0.416. The van der Waals surface area contributed by atoms with Gasteiger partial charge in [0, 0.05) is 11.8 Å². The van der Waals surface area contributed by atoms with Gasteiger partial charge in [-0.1, -0.05) is 22.9 Å². The van der Waals surface area contributed by atoms with Gasteiger partial charge in [0.2, 0.25) is 0 Å². The quantitative estimate of drug-likeness (QED) is 0.485. The third kappa shape index (κ3) is 4.12. The third-order valence-corrected chi connectivity index (χ3v) is 0.953. The standard InChI is InChI=1S/C5H9BrO2/c1-2-5(7)8-4-3-6/h2-4H2,1H3. The zero-order chi connectivity index (χ0) is 6.41. The number of hydrogen-bond acceptors (Lipinski definition) is 2. The number of rotatable bonds is 3. The van der Waals surface area contributed by atoms with Crippen LogP contribution in [0.1, 0.15) is 13.3 Å². The van der Waals surface area contributed by atoms with Crippen LogP contribution in [0.5, 0.6) is 0 Å². The number of halogens is 1. The van der Waals surface area contributed by atoms with Gasteiger partial charge in [-0.25, -0.2) is 0 Å². The fraction of sp³-hybridized carbons (Fsp3) is 0.800. The highest BCUT2D eigenvalue weighted by Crippen LogP contribution is 1.85. The third-order valence-electron chi connectivity index (χ3n) is 0.629. The smallest absolute Gasteiger partial charge is 0.305 e. The summed E-state index contributed by atoms with van der Waals surface area (Å²) >= 11 is 3.13. The van der Waals surface area contributed by atoms with E-state index in [4.69, 9.17) is 0 Å². The van der Waals surface area contributed by atoms with Gasteiger partial charge >= 0.3 is 5.97 Å². The molecule has 0 spiro atoms. The van der Waals surface area contributed by atoms with Gasteiger partial charge in [0.1, 0.15) is 6.61 Å². The van der Waals surface area contributed by atoms with E-state index in [1.807, 2.05) is 0 Å². The van der Waals surface area contributed by atoms with Gasteiger partial charge in [0.25, 0.3) is 0 Å². The van der Waals surface area contributed by atoms with Gasteiger partial charge in [-0.15, -0.1) is 0 Å². The molecule has 0 aliphatic carbocycles. The lowest BCUT2D eigenvalue weighted by Crippen LogP contribution is -2.03. The van der Waals surface area contributed by atoms with E-state index in [1.165, 1.54) is 0 Å². The second kappa shape index (κ2) is 5.09. The molecule has 48 valence electrons. The molecule has 0 aromatic rings. The molecule has 0 N–H and O–H groups in total. The molecule has 0 fully saturated rings. The first-order chi connectivity index (χ1) is 3.81. The Bertz CT molecular complexity index is 72.8. The Hall–Kier alpha value is -0.0500. The van der Waals surface area contributed by atoms with Crippen molar-refractivity contribution < 1.29 is 9.53 Å². The van der Waals surface area contributed by atoms with Crippen molar-refractivity contribution in [2.45, 2.75) is 13.3 Å². The summed E-state index contributed by atoms with van der Waals surface area (Å²) < 4.78 is 4.65. The SMILES string of the molecule is CCC(=O)OCCBr. The molecule has 0 heterocycles. The van der Waals surface area contributed by atoms with Gasteiger partial charge in [0.15, 0.2) is 0 Å². The Kier molecular flexibility index (Phi) is 5.06. The summed E-state index contributed by atoms with van der Waals surface area (Å²) in [5.74, 6) is -0.135. The number of ether oxygens (including phenoxy) is 1. The van der Waals surface area contributed by atoms with Gasteiger partial charge in [-0.3, -0.25) is 4.79 Å². The first-order valence-corrected chi connectivity index (χ1v) is 3.65. The molecule has 0 aromatic carbocycles. The van der Waals surface area contributed by atoms with Crippen LogP contribution in [-0.4, -0.2) is 17.9 Å². The summed E-state index contributed by atoms with van der Waals surface area (Å²) in [7, 11) is 0. The Balaban J connectivity index is 2.99. The highest BCUT2D eigenvalue weighted by molar-refractivity contribution is 9.09. The monoisotopic (exact) mass is 180 g/mol. The van der Waals surface area contributed by atoms with Crippen LogP contribution in [0.4, 0.5) is 0 Å². The summed E-state index contributed by atoms with van der Waals surface area (Å²) in [6.07, 6.45) is 0.465. The molecule has 0 unspecified atom stereocenters. The van der Waals surface area contributed by atoms with Crippen LogP contribution in [0.25, 0.3) is 0 Å². The van der Waals surface area contributed by atoms with E-state index >= 15 is 0 Å². The molecular formula is C5H9BrO2. The topological polar surface area (TPSA) is 26.3 Å². The molecule has 0 saturated heterocycles. The number of esters is 1. The fourth-order valence-electron chi connectivity index (χ4n) is 0.254. The summed E-state index contributed by atoms with van der Waals surface area (Å²) in [4.78, 5) is 10.3. The number of carbonyl (C=O) groups excluding carboxylic acids is 1. The second-order valence-electron chi connectivity index (χ2n) is 1.26. The Labute approximate surface area is 57.3 Å². The van der Waals surface area contributed by atoms with Crippen molar-refractivity contribution in [2.24, 2.45) is 0 Å². The first kappa shape index (κ1) is 7.95. The summed E-state index contributed by atoms with van der Waals surface area (Å²) in [6.45, 7) is 2.25. The predicted molar refractivity (Wildman–Crippen MR) is 35.0 cm³/mol. The van der Waals surface area contributed by atoms with Crippen molar-refractivity contribution in [3.05, 3.63) is 0 Å². The zero-order valence-electron chi connectivity index (χ0n) is 4.82. The van der Waals surface area contributed by atoms with E-state index in [9.17, 15) is 4.79 Å². The Morgan fingerprint density at radius 2 is 2.38 bits per heavy atom. The molecule has 0 aromatic heterocycles. The normalized spacial score (nSPS) is 8.75. The predicted octanol–water partition coefficient (Wildman–Crippen LogP) is 1.33. The molecule has 8 heavy (non-hydrogen) atoms. The Morgan fingerprint density at radius 1 is 1.75 bits per heavy atom. The van der Waals surface area contributed by atoms with E-state index in [-0.39, 0.29) is 5.97 Å². The van der Waals surface area contributed by atoms with Crippen LogP contribution in [0.15, 0.2) is 0 Å². The average Bonchev–Trinajstić information content (AvgIpc) is 1.83. The van der Waals surface area contributed by atoms with Crippen molar-refractivity contribution in [3.8, 4) is 0 Å². The molecule has 0 rings (SSSR count). The minimum absolute atomic E-state index is 0.135. The first-order valence-electron chi connectivity index (χ1n) is 2.52. The lowest BCUT2D eigenvalue weighted by atomic mass is 10.5. The number of carbonyl (C=O) groups is 1. The van der Waals surface area contributed by atoms with Crippen molar-refractivity contribution in [2.75, 3.05) is 11.9 Å². The van der Waals surface area contributed by atoms with E-state index in [0.29, 0.717) is 13.0 Å². The summed E-state index contributed by atoms with van der Waals surface area (Å²) in [6, 6.07) is 0. The lowest BCUT2D eigenvalue weighted by molar-refractivity contribution is -0.142. The van der Waals surface area contributed by atoms with Crippen LogP contribution >= 0.6 is 15.9 Å². The van der Waals surface area contributed by atoms with Gasteiger partial charge < -0.3 is 4.74 Å². The molecule has 0 amide bonds. The van der Waals surface area contributed by atoms with E-state index < -0.39 is 0 Å². The number of alkyl halides is 1. The number of hydrogen-bond donors (Lipinski definition) is 0. The molecule has 0 bridgehead atoms. The summed E-state index contributed by atoms with van der Waals surface area (Å²) in [5, 5.41) is 0.721. The molecular weight excluding hydrogens is 172 g/mol.